The molecule has 5 nitrogen and oxygen atoms in total. The highest BCUT2D eigenvalue weighted by Crippen LogP contribution is 2.02. The van der Waals surface area contributed by atoms with Crippen molar-refractivity contribution in [3.8, 4) is 0 Å². The van der Waals surface area contributed by atoms with Crippen LogP contribution in [-0.4, -0.2) is 57.4 Å². The largest absolute Gasteiger partial charge is 0.347 e. The molecule has 1 fully saturated rings. The maximum atomic E-state index is 11.0. The van der Waals surface area contributed by atoms with Crippen LogP contribution in [0.4, 0.5) is 0 Å². The summed E-state index contributed by atoms with van der Waals surface area (Å²) in [6.07, 6.45) is 1.58. The highest BCUT2D eigenvalue weighted by atomic mass is 32.2. The van der Waals surface area contributed by atoms with Crippen molar-refractivity contribution in [1.82, 2.24) is 10.2 Å². The first kappa shape index (κ1) is 10.5. The van der Waals surface area contributed by atoms with Gasteiger partial charge in [0.2, 0.25) is 0 Å². The number of carbonyl (C=O) groups excluding carboxylic acids is 1. The van der Waals surface area contributed by atoms with Crippen molar-refractivity contribution in [1.29, 1.82) is 0 Å². The fourth-order valence-electron chi connectivity index (χ4n) is 1.24. The summed E-state index contributed by atoms with van der Waals surface area (Å²) in [4.78, 5) is 11.8. The van der Waals surface area contributed by atoms with Crippen LogP contribution in [0.1, 0.15) is 0 Å². The van der Waals surface area contributed by atoms with Crippen LogP contribution in [0.25, 0.3) is 0 Å². The topological polar surface area (TPSA) is 66.5 Å². The van der Waals surface area contributed by atoms with Gasteiger partial charge in [-0.05, 0) is 0 Å². The minimum atomic E-state index is -2.79. The lowest BCUT2D eigenvalue weighted by molar-refractivity contribution is 0.299. The average Bonchev–Trinajstić information content (AvgIpc) is 2.08. The third-order valence-electron chi connectivity index (χ3n) is 2.06. The third kappa shape index (κ3) is 3.73. The Kier molecular flexibility index (Phi) is 3.68. The molecule has 1 amide bonds. The Hall–Kier alpha value is -0.620. The van der Waals surface area contributed by atoms with Crippen LogP contribution in [0.15, 0.2) is 0 Å². The third-order valence-corrected chi connectivity index (χ3v) is 3.67. The fourth-order valence-corrected chi connectivity index (χ4v) is 2.52. The number of nitrogens with one attached hydrogen (secondary N) is 1. The van der Waals surface area contributed by atoms with E-state index in [2.05, 4.69) is 5.32 Å². The van der Waals surface area contributed by atoms with E-state index in [0.717, 1.165) is 0 Å². The van der Waals surface area contributed by atoms with Gasteiger partial charge in [-0.2, -0.15) is 0 Å². The molecule has 0 atom stereocenters. The van der Waals surface area contributed by atoms with E-state index in [4.69, 9.17) is 0 Å². The van der Waals surface area contributed by atoms with E-state index in [1.807, 2.05) is 4.90 Å². The standard InChI is InChI=1S/C7H13N2O3S/c10-7-8-1-2-9-3-5-13(11,12)6-4-9/h1-6H2,(H,8,10). The van der Waals surface area contributed by atoms with Gasteiger partial charge in [0.1, 0.15) is 0 Å². The molecule has 1 aliphatic heterocycles. The van der Waals surface area contributed by atoms with E-state index < -0.39 is 9.84 Å². The Morgan fingerprint density at radius 2 is 1.92 bits per heavy atom. The van der Waals surface area contributed by atoms with Crippen LogP contribution >= 0.6 is 0 Å². The molecule has 0 aromatic heterocycles. The normalized spacial score (nSPS) is 22.5. The van der Waals surface area contributed by atoms with Gasteiger partial charge in [0, 0.05) is 26.2 Å². The van der Waals surface area contributed by atoms with Crippen LogP contribution in [0.2, 0.25) is 0 Å². The van der Waals surface area contributed by atoms with Gasteiger partial charge < -0.3 is 5.32 Å². The van der Waals surface area contributed by atoms with Gasteiger partial charge in [-0.25, -0.2) is 8.42 Å². The Morgan fingerprint density at radius 1 is 1.31 bits per heavy atom. The first-order valence-corrected chi connectivity index (χ1v) is 5.99. The molecule has 0 aliphatic carbocycles. The molecule has 0 bridgehead atoms. The molecule has 0 aromatic rings. The average molecular weight is 205 g/mol. The van der Waals surface area contributed by atoms with Crippen molar-refractivity contribution >= 4 is 16.2 Å². The van der Waals surface area contributed by atoms with Gasteiger partial charge in [0.15, 0.2) is 9.84 Å². The highest BCUT2D eigenvalue weighted by Gasteiger charge is 2.20. The second-order valence-electron chi connectivity index (χ2n) is 3.02. The van der Waals surface area contributed by atoms with Crippen LogP contribution in [0, 0.1) is 0 Å². The van der Waals surface area contributed by atoms with Crippen LogP contribution in [0.3, 0.4) is 0 Å². The van der Waals surface area contributed by atoms with Crippen molar-refractivity contribution in [3.05, 3.63) is 0 Å². The first-order valence-electron chi connectivity index (χ1n) is 4.17. The molecule has 1 radical (unpaired) electrons. The molecule has 75 valence electrons. The minimum absolute atomic E-state index is 0.234. The van der Waals surface area contributed by atoms with Crippen molar-refractivity contribution in [2.45, 2.75) is 0 Å². The summed E-state index contributed by atoms with van der Waals surface area (Å²) in [5.41, 5.74) is 0. The number of nitrogens with zero attached hydrogens (tertiary/aromatic N) is 1. The zero-order chi connectivity index (χ0) is 9.73. The van der Waals surface area contributed by atoms with E-state index in [1.165, 1.54) is 0 Å². The molecule has 1 heterocycles. The molecule has 0 spiro atoms. The smallest absolute Gasteiger partial charge is 0.309 e. The van der Waals surface area contributed by atoms with E-state index >= 15 is 0 Å². The number of sulfone groups is 1. The van der Waals surface area contributed by atoms with Crippen molar-refractivity contribution < 1.29 is 13.2 Å². The van der Waals surface area contributed by atoms with E-state index in [9.17, 15) is 13.2 Å². The van der Waals surface area contributed by atoms with Crippen molar-refractivity contribution in [2.75, 3.05) is 37.7 Å². The zero-order valence-corrected chi connectivity index (χ0v) is 8.14. The molecular formula is C7H13N2O3S. The van der Waals surface area contributed by atoms with E-state index in [1.54, 1.807) is 6.41 Å². The Labute approximate surface area is 78.0 Å². The maximum Gasteiger partial charge on any atom is 0.309 e. The van der Waals surface area contributed by atoms with Gasteiger partial charge in [-0.15, -0.1) is 0 Å². The second-order valence-corrected chi connectivity index (χ2v) is 5.33. The second kappa shape index (κ2) is 4.57. The summed E-state index contributed by atoms with van der Waals surface area (Å²) >= 11 is 0. The number of amides is 1. The van der Waals surface area contributed by atoms with Gasteiger partial charge >= 0.3 is 6.41 Å². The van der Waals surface area contributed by atoms with Gasteiger partial charge in [0.05, 0.1) is 11.5 Å². The summed E-state index contributed by atoms with van der Waals surface area (Å²) in [6, 6.07) is 0. The Morgan fingerprint density at radius 3 is 2.46 bits per heavy atom. The van der Waals surface area contributed by atoms with Gasteiger partial charge in [-0.3, -0.25) is 9.69 Å². The summed E-state index contributed by atoms with van der Waals surface area (Å²) in [7, 11) is -2.79. The maximum absolute atomic E-state index is 11.0. The number of hydrogen-bond donors (Lipinski definition) is 1. The van der Waals surface area contributed by atoms with Crippen molar-refractivity contribution in [3.63, 3.8) is 0 Å². The summed E-state index contributed by atoms with van der Waals surface area (Å²) in [5.74, 6) is 0.468. The predicted octanol–water partition coefficient (Wildman–Crippen LogP) is -1.63. The Bertz CT molecular complexity index is 249. The van der Waals surface area contributed by atoms with Gasteiger partial charge in [-0.1, -0.05) is 0 Å². The molecule has 0 unspecified atom stereocenters. The monoisotopic (exact) mass is 205 g/mol. The predicted molar refractivity (Wildman–Crippen MR) is 48.8 cm³/mol. The Balaban J connectivity index is 2.21. The van der Waals surface area contributed by atoms with E-state index in [-0.39, 0.29) is 11.5 Å². The molecule has 1 rings (SSSR count). The lowest BCUT2D eigenvalue weighted by Gasteiger charge is -2.25. The van der Waals surface area contributed by atoms with E-state index in [0.29, 0.717) is 26.2 Å². The molecule has 0 saturated carbocycles. The first-order chi connectivity index (χ1) is 6.14. The molecule has 1 saturated heterocycles. The molecular weight excluding hydrogens is 192 g/mol. The quantitative estimate of drug-likeness (QED) is 0.442. The fraction of sp³-hybridized carbons (Fsp3) is 0.857. The SMILES string of the molecule is O=[C]NCCN1CCS(=O)(=O)CC1. The molecule has 1 aliphatic rings. The van der Waals surface area contributed by atoms with Crippen LogP contribution in [0.5, 0.6) is 0 Å². The lowest BCUT2D eigenvalue weighted by atomic mass is 10.4. The zero-order valence-electron chi connectivity index (χ0n) is 7.32. The minimum Gasteiger partial charge on any atom is -0.347 e. The highest BCUT2D eigenvalue weighted by molar-refractivity contribution is 7.91. The van der Waals surface area contributed by atoms with Gasteiger partial charge in [0.25, 0.3) is 0 Å². The number of rotatable bonds is 4. The summed E-state index contributed by atoms with van der Waals surface area (Å²) in [6.45, 7) is 2.38. The molecule has 6 heteroatoms. The van der Waals surface area contributed by atoms with Crippen LogP contribution < -0.4 is 5.32 Å². The molecule has 1 N–H and O–H groups in total. The van der Waals surface area contributed by atoms with Crippen LogP contribution in [-0.2, 0) is 14.6 Å². The number of hydrogen-bond acceptors (Lipinski definition) is 4. The summed E-state index contributed by atoms with van der Waals surface area (Å²) < 4.78 is 22.0. The summed E-state index contributed by atoms with van der Waals surface area (Å²) in [5, 5.41) is 2.42. The lowest BCUT2D eigenvalue weighted by Crippen LogP contribution is -2.43. The van der Waals surface area contributed by atoms with Crippen molar-refractivity contribution in [2.24, 2.45) is 0 Å². The molecule has 0 aromatic carbocycles. The molecule has 13 heavy (non-hydrogen) atoms.